The monoisotopic (exact) mass is 381 g/mol. The van der Waals surface area contributed by atoms with E-state index in [2.05, 4.69) is 20.8 Å². The molecule has 0 saturated heterocycles. The molecule has 0 aliphatic heterocycles. The van der Waals surface area contributed by atoms with Crippen LogP contribution in [0.1, 0.15) is 22.8 Å². The predicted molar refractivity (Wildman–Crippen MR) is 108 cm³/mol. The standard InChI is InChI=1S/C19H19N5O2S/c1-13(25)15-9-6-10-16(11-15)20-17(26)21-18-22-23-19(27-18)24(2)12-14-7-4-3-5-8-14/h3-11H,12H2,1-2H3,(H2,20,21,22,26). The number of anilines is 3. The minimum absolute atomic E-state index is 0.0609. The van der Waals surface area contributed by atoms with Crippen LogP contribution in [-0.2, 0) is 6.54 Å². The van der Waals surface area contributed by atoms with E-state index < -0.39 is 6.03 Å². The van der Waals surface area contributed by atoms with Crippen LogP contribution < -0.4 is 15.5 Å². The molecule has 0 aliphatic rings. The molecule has 1 aromatic heterocycles. The second-order valence-corrected chi connectivity index (χ2v) is 6.90. The number of urea groups is 1. The third-order valence-corrected chi connectivity index (χ3v) is 4.70. The number of amides is 2. The van der Waals surface area contributed by atoms with Crippen molar-refractivity contribution in [2.45, 2.75) is 13.5 Å². The van der Waals surface area contributed by atoms with E-state index in [9.17, 15) is 9.59 Å². The van der Waals surface area contributed by atoms with E-state index >= 15 is 0 Å². The van der Waals surface area contributed by atoms with Crippen molar-refractivity contribution in [3.05, 3.63) is 65.7 Å². The van der Waals surface area contributed by atoms with E-state index in [-0.39, 0.29) is 5.78 Å². The molecule has 2 N–H and O–H groups in total. The van der Waals surface area contributed by atoms with Gasteiger partial charge in [0.05, 0.1) is 0 Å². The maximum atomic E-state index is 12.2. The first-order valence-electron chi connectivity index (χ1n) is 8.29. The minimum atomic E-state index is -0.441. The lowest BCUT2D eigenvalue weighted by molar-refractivity contribution is 0.101. The molecule has 1 heterocycles. The Balaban J connectivity index is 1.59. The van der Waals surface area contributed by atoms with Crippen molar-refractivity contribution in [1.29, 1.82) is 0 Å². The van der Waals surface area contributed by atoms with Crippen molar-refractivity contribution in [2.75, 3.05) is 22.6 Å². The molecule has 0 bridgehead atoms. The molecule has 2 aromatic carbocycles. The highest BCUT2D eigenvalue weighted by Crippen LogP contribution is 2.24. The molecule has 0 saturated carbocycles. The summed E-state index contributed by atoms with van der Waals surface area (Å²) in [5, 5.41) is 14.6. The topological polar surface area (TPSA) is 87.2 Å². The van der Waals surface area contributed by atoms with Crippen molar-refractivity contribution >= 4 is 39.1 Å². The van der Waals surface area contributed by atoms with Crippen molar-refractivity contribution in [3.8, 4) is 0 Å². The van der Waals surface area contributed by atoms with Gasteiger partial charge in [-0.15, -0.1) is 10.2 Å². The van der Waals surface area contributed by atoms with Gasteiger partial charge in [0.1, 0.15) is 0 Å². The molecule has 0 radical (unpaired) electrons. The number of nitrogens with zero attached hydrogens (tertiary/aromatic N) is 3. The lowest BCUT2D eigenvalue weighted by Gasteiger charge is -2.14. The van der Waals surface area contributed by atoms with Gasteiger partial charge in [-0.2, -0.15) is 0 Å². The second kappa shape index (κ2) is 8.41. The first kappa shape index (κ1) is 18.5. The van der Waals surface area contributed by atoms with Crippen molar-refractivity contribution in [3.63, 3.8) is 0 Å². The molecule has 0 unspecified atom stereocenters. The highest BCUT2D eigenvalue weighted by Gasteiger charge is 2.12. The molecule has 7 nitrogen and oxygen atoms in total. The van der Waals surface area contributed by atoms with Crippen molar-refractivity contribution < 1.29 is 9.59 Å². The van der Waals surface area contributed by atoms with Gasteiger partial charge in [-0.3, -0.25) is 10.1 Å². The summed E-state index contributed by atoms with van der Waals surface area (Å²) in [6.45, 7) is 2.17. The number of hydrogen-bond acceptors (Lipinski definition) is 6. The van der Waals surface area contributed by atoms with Gasteiger partial charge in [0.15, 0.2) is 5.78 Å². The van der Waals surface area contributed by atoms with Crippen LogP contribution in [0.25, 0.3) is 0 Å². The van der Waals surface area contributed by atoms with Gasteiger partial charge >= 0.3 is 6.03 Å². The van der Waals surface area contributed by atoms with Crippen LogP contribution >= 0.6 is 11.3 Å². The third-order valence-electron chi connectivity index (χ3n) is 3.75. The fourth-order valence-electron chi connectivity index (χ4n) is 2.42. The van der Waals surface area contributed by atoms with Gasteiger partial charge in [-0.1, -0.05) is 53.8 Å². The molecule has 3 aromatic rings. The van der Waals surface area contributed by atoms with Crippen molar-refractivity contribution in [2.24, 2.45) is 0 Å². The molecule has 0 spiro atoms. The van der Waals surface area contributed by atoms with E-state index in [0.29, 0.717) is 28.1 Å². The van der Waals surface area contributed by atoms with Crippen molar-refractivity contribution in [1.82, 2.24) is 10.2 Å². The molecule has 0 fully saturated rings. The summed E-state index contributed by atoms with van der Waals surface area (Å²) in [6.07, 6.45) is 0. The number of benzene rings is 2. The summed E-state index contributed by atoms with van der Waals surface area (Å²) >= 11 is 1.28. The Morgan fingerprint density at radius 2 is 1.81 bits per heavy atom. The number of ketones is 1. The number of Topliss-reactive ketones (excluding diaryl/α,β-unsaturated/α-hetero) is 1. The maximum Gasteiger partial charge on any atom is 0.325 e. The summed E-state index contributed by atoms with van der Waals surface area (Å²) in [5.74, 6) is -0.0609. The summed E-state index contributed by atoms with van der Waals surface area (Å²) < 4.78 is 0. The number of hydrogen-bond donors (Lipinski definition) is 2. The largest absolute Gasteiger partial charge is 0.345 e. The van der Waals surface area contributed by atoms with E-state index in [1.807, 2.05) is 42.3 Å². The summed E-state index contributed by atoms with van der Waals surface area (Å²) in [6, 6.07) is 16.3. The molecule has 0 aliphatic carbocycles. The Morgan fingerprint density at radius 3 is 2.56 bits per heavy atom. The highest BCUT2D eigenvalue weighted by molar-refractivity contribution is 7.19. The molecular weight excluding hydrogens is 362 g/mol. The Bertz CT molecular complexity index is 942. The maximum absolute atomic E-state index is 12.2. The lowest BCUT2D eigenvalue weighted by atomic mass is 10.1. The van der Waals surface area contributed by atoms with Gasteiger partial charge in [0.25, 0.3) is 0 Å². The zero-order chi connectivity index (χ0) is 19.2. The van der Waals surface area contributed by atoms with Gasteiger partial charge in [0, 0.05) is 24.8 Å². The minimum Gasteiger partial charge on any atom is -0.345 e. The summed E-state index contributed by atoms with van der Waals surface area (Å²) in [4.78, 5) is 25.5. The van der Waals surface area contributed by atoms with Crippen LogP contribution in [0.3, 0.4) is 0 Å². The average molecular weight is 381 g/mol. The molecule has 0 atom stereocenters. The molecule has 3 rings (SSSR count). The van der Waals surface area contributed by atoms with Crippen LogP contribution in [0.4, 0.5) is 20.7 Å². The third kappa shape index (κ3) is 5.11. The smallest absolute Gasteiger partial charge is 0.325 e. The summed E-state index contributed by atoms with van der Waals surface area (Å²) in [7, 11) is 1.92. The Labute approximate surface area is 161 Å². The number of nitrogens with one attached hydrogen (secondary N) is 2. The molecule has 138 valence electrons. The number of carbonyl (C=O) groups excluding carboxylic acids is 2. The highest BCUT2D eigenvalue weighted by atomic mass is 32.1. The first-order chi connectivity index (χ1) is 13.0. The van der Waals surface area contributed by atoms with E-state index in [1.165, 1.54) is 18.3 Å². The number of carbonyl (C=O) groups is 2. The van der Waals surface area contributed by atoms with Gasteiger partial charge in [0.2, 0.25) is 10.3 Å². The molecule has 27 heavy (non-hydrogen) atoms. The Kier molecular flexibility index (Phi) is 5.77. The van der Waals surface area contributed by atoms with Gasteiger partial charge in [-0.05, 0) is 24.6 Å². The SMILES string of the molecule is CC(=O)c1cccc(NC(=O)Nc2nnc(N(C)Cc3ccccc3)s2)c1. The average Bonchev–Trinajstić information content (AvgIpc) is 3.11. The van der Waals surface area contributed by atoms with Crippen LogP contribution in [0.15, 0.2) is 54.6 Å². The zero-order valence-corrected chi connectivity index (χ0v) is 15.8. The zero-order valence-electron chi connectivity index (χ0n) is 15.0. The predicted octanol–water partition coefficient (Wildman–Crippen LogP) is 4.02. The quantitative estimate of drug-likeness (QED) is 0.630. The van der Waals surface area contributed by atoms with E-state index in [4.69, 9.17) is 0 Å². The van der Waals surface area contributed by atoms with Crippen LogP contribution in [0.5, 0.6) is 0 Å². The first-order valence-corrected chi connectivity index (χ1v) is 9.10. The normalized spacial score (nSPS) is 10.3. The van der Waals surface area contributed by atoms with Crippen LogP contribution in [0.2, 0.25) is 0 Å². The molecule has 8 heteroatoms. The second-order valence-electron chi connectivity index (χ2n) is 5.95. The Hall–Kier alpha value is -3.26. The molecule has 2 amide bonds. The van der Waals surface area contributed by atoms with Gasteiger partial charge in [-0.25, -0.2) is 4.79 Å². The number of rotatable bonds is 6. The number of aromatic nitrogens is 2. The van der Waals surface area contributed by atoms with E-state index in [1.54, 1.807) is 24.3 Å². The van der Waals surface area contributed by atoms with Crippen LogP contribution in [-0.4, -0.2) is 29.1 Å². The fourth-order valence-corrected chi connectivity index (χ4v) is 3.12. The molecular formula is C19H19N5O2S. The van der Waals surface area contributed by atoms with Crippen LogP contribution in [0, 0.1) is 0 Å². The van der Waals surface area contributed by atoms with Gasteiger partial charge < -0.3 is 10.2 Å². The fraction of sp³-hybridized carbons (Fsp3) is 0.158. The lowest BCUT2D eigenvalue weighted by Crippen LogP contribution is -2.19. The summed E-state index contributed by atoms with van der Waals surface area (Å²) in [5.41, 5.74) is 2.23. The Morgan fingerprint density at radius 1 is 1.04 bits per heavy atom. The van der Waals surface area contributed by atoms with E-state index in [0.717, 1.165) is 5.56 Å².